The van der Waals surface area contributed by atoms with Crippen LogP contribution in [-0.2, 0) is 14.3 Å². The standard InChI is InChI=1S/C15H17N3O5/c19-13(9-22-12-2-1-5-16-8-12)17-6-3-11(4-7-17)18-14(20)10-23-15(18)21/h1-2,5,8,11H,3-4,6-7,9-10H2. The van der Waals surface area contributed by atoms with Crippen molar-refractivity contribution in [2.24, 2.45) is 0 Å². The van der Waals surface area contributed by atoms with Crippen LogP contribution >= 0.6 is 0 Å². The van der Waals surface area contributed by atoms with E-state index < -0.39 is 6.09 Å². The second kappa shape index (κ2) is 6.64. The van der Waals surface area contributed by atoms with Crippen molar-refractivity contribution in [3.63, 3.8) is 0 Å². The van der Waals surface area contributed by atoms with Gasteiger partial charge >= 0.3 is 6.09 Å². The summed E-state index contributed by atoms with van der Waals surface area (Å²) >= 11 is 0. The third kappa shape index (κ3) is 3.41. The zero-order valence-electron chi connectivity index (χ0n) is 12.5. The lowest BCUT2D eigenvalue weighted by atomic mass is 10.0. The number of likely N-dealkylation sites (tertiary alicyclic amines) is 1. The zero-order chi connectivity index (χ0) is 16.2. The molecule has 122 valence electrons. The van der Waals surface area contributed by atoms with Crippen molar-refractivity contribution >= 4 is 17.9 Å². The molecule has 0 radical (unpaired) electrons. The molecule has 1 aromatic rings. The van der Waals surface area contributed by atoms with Gasteiger partial charge in [-0.2, -0.15) is 0 Å². The SMILES string of the molecule is O=C(COc1cccnc1)N1CCC(N2C(=O)COC2=O)CC1. The minimum absolute atomic E-state index is 0.0545. The van der Waals surface area contributed by atoms with Crippen LogP contribution in [0.25, 0.3) is 0 Å². The highest BCUT2D eigenvalue weighted by Gasteiger charge is 2.38. The number of cyclic esters (lactones) is 1. The van der Waals surface area contributed by atoms with Crippen LogP contribution in [0.4, 0.5) is 4.79 Å². The van der Waals surface area contributed by atoms with E-state index in [1.165, 1.54) is 4.90 Å². The summed E-state index contributed by atoms with van der Waals surface area (Å²) in [5, 5.41) is 0. The molecule has 0 aromatic carbocycles. The van der Waals surface area contributed by atoms with E-state index in [9.17, 15) is 14.4 Å². The second-order valence-corrected chi connectivity index (χ2v) is 5.41. The molecule has 0 atom stereocenters. The molecule has 0 spiro atoms. The Hall–Kier alpha value is -2.64. The third-order valence-corrected chi connectivity index (χ3v) is 3.96. The molecule has 0 N–H and O–H groups in total. The van der Waals surface area contributed by atoms with Crippen molar-refractivity contribution in [3.8, 4) is 5.75 Å². The lowest BCUT2D eigenvalue weighted by Gasteiger charge is -2.34. The molecule has 0 unspecified atom stereocenters. The van der Waals surface area contributed by atoms with Crippen molar-refractivity contribution < 1.29 is 23.9 Å². The summed E-state index contributed by atoms with van der Waals surface area (Å²) in [5.41, 5.74) is 0. The van der Waals surface area contributed by atoms with E-state index in [4.69, 9.17) is 9.47 Å². The smallest absolute Gasteiger partial charge is 0.417 e. The molecule has 8 heteroatoms. The molecule has 0 aliphatic carbocycles. The highest BCUT2D eigenvalue weighted by molar-refractivity contribution is 5.98. The normalized spacial score (nSPS) is 19.0. The van der Waals surface area contributed by atoms with Crippen molar-refractivity contribution in [3.05, 3.63) is 24.5 Å². The summed E-state index contributed by atoms with van der Waals surface area (Å²) in [6.07, 6.45) is 3.70. The van der Waals surface area contributed by atoms with Crippen LogP contribution in [0.3, 0.4) is 0 Å². The highest BCUT2D eigenvalue weighted by atomic mass is 16.6. The van der Waals surface area contributed by atoms with Crippen LogP contribution in [0.15, 0.2) is 24.5 Å². The van der Waals surface area contributed by atoms with Gasteiger partial charge in [-0.15, -0.1) is 0 Å². The minimum atomic E-state index is -0.584. The van der Waals surface area contributed by atoms with Crippen LogP contribution in [0.5, 0.6) is 5.75 Å². The summed E-state index contributed by atoms with van der Waals surface area (Å²) in [6.45, 7) is 0.728. The third-order valence-electron chi connectivity index (χ3n) is 3.96. The fourth-order valence-electron chi connectivity index (χ4n) is 2.76. The number of piperidine rings is 1. The lowest BCUT2D eigenvalue weighted by Crippen LogP contribution is -2.49. The van der Waals surface area contributed by atoms with Gasteiger partial charge in [-0.3, -0.25) is 14.6 Å². The molecular weight excluding hydrogens is 302 g/mol. The Morgan fingerprint density at radius 1 is 1.35 bits per heavy atom. The molecule has 3 amide bonds. The minimum Gasteiger partial charge on any atom is -0.482 e. The molecule has 2 saturated heterocycles. The molecular formula is C15H17N3O5. The van der Waals surface area contributed by atoms with E-state index in [0.717, 1.165) is 0 Å². The van der Waals surface area contributed by atoms with Crippen molar-refractivity contribution in [2.45, 2.75) is 18.9 Å². The molecule has 1 aromatic heterocycles. The van der Waals surface area contributed by atoms with Gasteiger partial charge in [-0.1, -0.05) is 0 Å². The number of ether oxygens (including phenoxy) is 2. The van der Waals surface area contributed by atoms with Crippen molar-refractivity contribution in [1.29, 1.82) is 0 Å². The summed E-state index contributed by atoms with van der Waals surface area (Å²) in [5.74, 6) is 0.114. The number of nitrogens with zero attached hydrogens (tertiary/aromatic N) is 3. The molecule has 0 bridgehead atoms. The van der Waals surface area contributed by atoms with Gasteiger partial charge in [0.25, 0.3) is 11.8 Å². The van der Waals surface area contributed by atoms with Crippen LogP contribution in [0.1, 0.15) is 12.8 Å². The number of carbonyl (C=O) groups excluding carboxylic acids is 3. The van der Waals surface area contributed by atoms with Crippen LogP contribution < -0.4 is 4.74 Å². The summed E-state index contributed by atoms with van der Waals surface area (Å²) < 4.78 is 10.1. The first-order valence-corrected chi connectivity index (χ1v) is 7.44. The second-order valence-electron chi connectivity index (χ2n) is 5.41. The van der Waals surface area contributed by atoms with Gasteiger partial charge in [0.2, 0.25) is 0 Å². The Morgan fingerprint density at radius 2 is 2.13 bits per heavy atom. The van der Waals surface area contributed by atoms with E-state index in [1.807, 2.05) is 0 Å². The summed E-state index contributed by atoms with van der Waals surface area (Å²) in [6, 6.07) is 3.27. The molecule has 23 heavy (non-hydrogen) atoms. The molecule has 3 heterocycles. The fraction of sp³-hybridized carbons (Fsp3) is 0.467. The number of pyridine rings is 1. The van der Waals surface area contributed by atoms with Crippen LogP contribution in [0, 0.1) is 0 Å². The van der Waals surface area contributed by atoms with E-state index in [0.29, 0.717) is 31.7 Å². The first kappa shape index (κ1) is 15.3. The number of amides is 3. The van der Waals surface area contributed by atoms with E-state index >= 15 is 0 Å². The van der Waals surface area contributed by atoms with Gasteiger partial charge in [-0.05, 0) is 25.0 Å². The number of rotatable bonds is 4. The van der Waals surface area contributed by atoms with Gasteiger partial charge in [-0.25, -0.2) is 9.69 Å². The van der Waals surface area contributed by atoms with Crippen molar-refractivity contribution in [1.82, 2.24) is 14.8 Å². The Balaban J connectivity index is 1.48. The first-order chi connectivity index (χ1) is 11.1. The number of imide groups is 1. The number of hydrogen-bond acceptors (Lipinski definition) is 6. The molecule has 2 aliphatic heterocycles. The predicted molar refractivity (Wildman–Crippen MR) is 77.5 cm³/mol. The Bertz CT molecular complexity index is 582. The quantitative estimate of drug-likeness (QED) is 0.799. The molecule has 3 rings (SSSR count). The van der Waals surface area contributed by atoms with Gasteiger partial charge in [0.05, 0.1) is 6.20 Å². The summed E-state index contributed by atoms with van der Waals surface area (Å²) in [7, 11) is 0. The average Bonchev–Trinajstić information content (AvgIpc) is 2.92. The lowest BCUT2D eigenvalue weighted by molar-refractivity contribution is -0.135. The molecule has 2 aliphatic rings. The zero-order valence-corrected chi connectivity index (χ0v) is 12.5. The molecule has 2 fully saturated rings. The van der Waals surface area contributed by atoms with Crippen LogP contribution in [0.2, 0.25) is 0 Å². The maximum absolute atomic E-state index is 12.1. The van der Waals surface area contributed by atoms with Gasteiger partial charge < -0.3 is 14.4 Å². The number of aromatic nitrogens is 1. The summed E-state index contributed by atoms with van der Waals surface area (Å²) in [4.78, 5) is 42.1. The Morgan fingerprint density at radius 3 is 2.74 bits per heavy atom. The van der Waals surface area contributed by atoms with Crippen molar-refractivity contribution in [2.75, 3.05) is 26.3 Å². The van der Waals surface area contributed by atoms with Crippen LogP contribution in [-0.4, -0.2) is 65.0 Å². The van der Waals surface area contributed by atoms with E-state index in [1.54, 1.807) is 29.4 Å². The topological polar surface area (TPSA) is 89.0 Å². The average molecular weight is 319 g/mol. The molecule has 8 nitrogen and oxygen atoms in total. The fourth-order valence-corrected chi connectivity index (χ4v) is 2.76. The molecule has 0 saturated carbocycles. The Labute approximate surface area is 133 Å². The Kier molecular flexibility index (Phi) is 4.40. The highest BCUT2D eigenvalue weighted by Crippen LogP contribution is 2.21. The maximum Gasteiger partial charge on any atom is 0.417 e. The largest absolute Gasteiger partial charge is 0.482 e. The maximum atomic E-state index is 12.1. The predicted octanol–water partition coefficient (Wildman–Crippen LogP) is 0.430. The van der Waals surface area contributed by atoms with Gasteiger partial charge in [0.1, 0.15) is 5.75 Å². The first-order valence-electron chi connectivity index (χ1n) is 7.44. The van der Waals surface area contributed by atoms with E-state index in [2.05, 4.69) is 4.98 Å². The monoisotopic (exact) mass is 319 g/mol. The number of carbonyl (C=O) groups is 3. The van der Waals surface area contributed by atoms with Gasteiger partial charge in [0.15, 0.2) is 13.2 Å². The van der Waals surface area contributed by atoms with E-state index in [-0.39, 0.29) is 31.1 Å². The van der Waals surface area contributed by atoms with Gasteiger partial charge in [0, 0.05) is 25.3 Å². The number of hydrogen-bond donors (Lipinski definition) is 0.